The lowest BCUT2D eigenvalue weighted by Gasteiger charge is -2.10. The number of methoxy groups -OCH3 is 1. The van der Waals surface area contributed by atoms with E-state index in [0.717, 1.165) is 10.8 Å². The third kappa shape index (κ3) is 2.59. The van der Waals surface area contributed by atoms with Gasteiger partial charge < -0.3 is 19.0 Å². The summed E-state index contributed by atoms with van der Waals surface area (Å²) in [6.45, 7) is 1.26. The van der Waals surface area contributed by atoms with Crippen molar-refractivity contribution in [1.29, 1.82) is 0 Å². The largest absolute Gasteiger partial charge is 0.497 e. The Morgan fingerprint density at radius 3 is 2.61 bits per heavy atom. The lowest BCUT2D eigenvalue weighted by atomic mass is 10.0. The highest BCUT2D eigenvalue weighted by Gasteiger charge is 2.14. The van der Waals surface area contributed by atoms with E-state index in [0.29, 0.717) is 28.0 Å². The first kappa shape index (κ1) is 14.9. The fourth-order valence-corrected chi connectivity index (χ4v) is 2.51. The molecule has 1 N–H and O–H groups in total. The van der Waals surface area contributed by atoms with Crippen LogP contribution in [-0.4, -0.2) is 24.8 Å². The van der Waals surface area contributed by atoms with Crippen LogP contribution < -0.4 is 15.1 Å². The van der Waals surface area contributed by atoms with Gasteiger partial charge in [-0.3, -0.25) is 0 Å². The van der Waals surface area contributed by atoms with Gasteiger partial charge in [-0.25, -0.2) is 9.59 Å². The minimum atomic E-state index is -1.07. The molecule has 0 spiro atoms. The van der Waals surface area contributed by atoms with Crippen LogP contribution in [0.2, 0.25) is 0 Å². The molecule has 0 aliphatic carbocycles. The Balaban J connectivity index is 2.25. The van der Waals surface area contributed by atoms with Gasteiger partial charge in [0, 0.05) is 16.3 Å². The van der Waals surface area contributed by atoms with Crippen molar-refractivity contribution >= 4 is 27.7 Å². The number of carbonyl (C=O) groups is 1. The number of aliphatic carboxylic acids is 1. The third-order valence-electron chi connectivity index (χ3n) is 3.64. The molecule has 0 saturated carbocycles. The van der Waals surface area contributed by atoms with Gasteiger partial charge in [-0.15, -0.1) is 0 Å². The zero-order chi connectivity index (χ0) is 16.6. The number of hydrogen-bond donors (Lipinski definition) is 1. The highest BCUT2D eigenvalue weighted by atomic mass is 16.5. The molecule has 1 heterocycles. The van der Waals surface area contributed by atoms with Gasteiger partial charge in [-0.05, 0) is 37.3 Å². The van der Waals surface area contributed by atoms with Gasteiger partial charge in [0.2, 0.25) is 0 Å². The number of carboxylic acids is 1. The Labute approximate surface area is 130 Å². The molecule has 0 saturated heterocycles. The van der Waals surface area contributed by atoms with E-state index in [1.807, 2.05) is 0 Å². The van der Waals surface area contributed by atoms with Gasteiger partial charge in [-0.1, -0.05) is 0 Å². The van der Waals surface area contributed by atoms with Crippen molar-refractivity contribution in [1.82, 2.24) is 0 Å². The molecule has 6 nitrogen and oxygen atoms in total. The van der Waals surface area contributed by atoms with Gasteiger partial charge in [0.1, 0.15) is 17.1 Å². The summed E-state index contributed by atoms with van der Waals surface area (Å²) >= 11 is 0. The fourth-order valence-electron chi connectivity index (χ4n) is 2.51. The van der Waals surface area contributed by atoms with Gasteiger partial charge in [-0.2, -0.15) is 0 Å². The molecular weight excluding hydrogens is 300 g/mol. The average Bonchev–Trinajstić information content (AvgIpc) is 2.54. The molecular formula is C17H14O6. The summed E-state index contributed by atoms with van der Waals surface area (Å²) in [5, 5.41) is 10.6. The number of benzene rings is 2. The first-order valence-corrected chi connectivity index (χ1v) is 6.90. The SMILES string of the molecule is COc1ccc2c(c1)c(=O)oc1c(C)c(OCC(=O)O)ccc12. The summed E-state index contributed by atoms with van der Waals surface area (Å²) in [5.41, 5.74) is 0.485. The Bertz CT molecular complexity index is 970. The number of rotatable bonds is 4. The zero-order valence-electron chi connectivity index (χ0n) is 12.6. The molecule has 3 rings (SSSR count). The first-order chi connectivity index (χ1) is 11.0. The standard InChI is InChI=1S/C17H14O6/c1-9-14(22-8-15(18)19)6-5-12-11-4-3-10(21-2)7-13(11)17(20)23-16(9)12/h3-7H,8H2,1-2H3,(H,18,19). The van der Waals surface area contributed by atoms with Gasteiger partial charge in [0.05, 0.1) is 12.5 Å². The summed E-state index contributed by atoms with van der Waals surface area (Å²) in [6.07, 6.45) is 0. The molecule has 6 heteroatoms. The van der Waals surface area contributed by atoms with Crippen molar-refractivity contribution in [2.24, 2.45) is 0 Å². The van der Waals surface area contributed by atoms with Crippen LogP contribution in [0.5, 0.6) is 11.5 Å². The van der Waals surface area contributed by atoms with E-state index < -0.39 is 18.2 Å². The predicted octanol–water partition coefficient (Wildman–Crippen LogP) is 2.73. The van der Waals surface area contributed by atoms with Crippen molar-refractivity contribution < 1.29 is 23.8 Å². The Morgan fingerprint density at radius 2 is 1.91 bits per heavy atom. The smallest absolute Gasteiger partial charge is 0.344 e. The number of hydrogen-bond acceptors (Lipinski definition) is 5. The lowest BCUT2D eigenvalue weighted by molar-refractivity contribution is -0.139. The third-order valence-corrected chi connectivity index (χ3v) is 3.64. The molecule has 0 bridgehead atoms. The monoisotopic (exact) mass is 314 g/mol. The highest BCUT2D eigenvalue weighted by Crippen LogP contribution is 2.32. The number of carboxylic acid groups (broad SMARTS) is 1. The second-order valence-corrected chi connectivity index (χ2v) is 5.05. The topological polar surface area (TPSA) is 86.0 Å². The maximum Gasteiger partial charge on any atom is 0.344 e. The first-order valence-electron chi connectivity index (χ1n) is 6.90. The normalized spacial score (nSPS) is 10.9. The van der Waals surface area contributed by atoms with E-state index in [1.165, 1.54) is 7.11 Å². The van der Waals surface area contributed by atoms with Gasteiger partial charge in [0.25, 0.3) is 0 Å². The van der Waals surface area contributed by atoms with Gasteiger partial charge in [0.15, 0.2) is 6.61 Å². The predicted molar refractivity (Wildman–Crippen MR) is 84.4 cm³/mol. The minimum absolute atomic E-state index is 0.371. The van der Waals surface area contributed by atoms with E-state index in [1.54, 1.807) is 37.3 Å². The zero-order valence-corrected chi connectivity index (χ0v) is 12.6. The van der Waals surface area contributed by atoms with Crippen molar-refractivity contribution in [3.8, 4) is 11.5 Å². The van der Waals surface area contributed by atoms with Crippen LogP contribution in [0.4, 0.5) is 0 Å². The quantitative estimate of drug-likeness (QED) is 0.588. The molecule has 0 radical (unpaired) electrons. The molecule has 0 unspecified atom stereocenters. The van der Waals surface area contributed by atoms with Gasteiger partial charge >= 0.3 is 11.6 Å². The maximum absolute atomic E-state index is 12.2. The Kier molecular flexibility index (Phi) is 3.65. The number of aryl methyl sites for hydroxylation is 1. The molecule has 2 aromatic carbocycles. The molecule has 0 fully saturated rings. The van der Waals surface area contributed by atoms with Crippen LogP contribution in [0.1, 0.15) is 5.56 Å². The molecule has 0 aliphatic heterocycles. The van der Waals surface area contributed by atoms with Crippen LogP contribution in [-0.2, 0) is 4.79 Å². The summed E-state index contributed by atoms with van der Waals surface area (Å²) < 4.78 is 15.8. The van der Waals surface area contributed by atoms with Crippen molar-refractivity contribution in [2.45, 2.75) is 6.92 Å². The number of fused-ring (bicyclic) bond motifs is 3. The van der Waals surface area contributed by atoms with E-state index in [2.05, 4.69) is 0 Å². The van der Waals surface area contributed by atoms with Crippen LogP contribution >= 0.6 is 0 Å². The molecule has 0 amide bonds. The van der Waals surface area contributed by atoms with E-state index >= 15 is 0 Å². The minimum Gasteiger partial charge on any atom is -0.497 e. The molecule has 0 aliphatic rings. The lowest BCUT2D eigenvalue weighted by Crippen LogP contribution is -2.10. The summed E-state index contributed by atoms with van der Waals surface area (Å²) in [4.78, 5) is 22.9. The van der Waals surface area contributed by atoms with E-state index in [4.69, 9.17) is 19.0 Å². The molecule has 0 atom stereocenters. The molecule has 3 aromatic rings. The summed E-state index contributed by atoms with van der Waals surface area (Å²) in [7, 11) is 1.53. The molecule has 1 aromatic heterocycles. The average molecular weight is 314 g/mol. The summed E-state index contributed by atoms with van der Waals surface area (Å²) in [6, 6.07) is 8.61. The van der Waals surface area contributed by atoms with Crippen LogP contribution in [0.3, 0.4) is 0 Å². The van der Waals surface area contributed by atoms with Crippen LogP contribution in [0.15, 0.2) is 39.5 Å². The number of ether oxygens (including phenoxy) is 2. The molecule has 23 heavy (non-hydrogen) atoms. The van der Waals surface area contributed by atoms with Crippen LogP contribution in [0, 0.1) is 6.92 Å². The van der Waals surface area contributed by atoms with E-state index in [9.17, 15) is 9.59 Å². The Hall–Kier alpha value is -3.02. The second-order valence-electron chi connectivity index (χ2n) is 5.05. The second kappa shape index (κ2) is 5.64. The van der Waals surface area contributed by atoms with Crippen molar-refractivity contribution in [3.05, 3.63) is 46.3 Å². The summed E-state index contributed by atoms with van der Waals surface area (Å²) in [5.74, 6) is -0.130. The van der Waals surface area contributed by atoms with Crippen LogP contribution in [0.25, 0.3) is 21.7 Å². The maximum atomic E-state index is 12.2. The highest BCUT2D eigenvalue weighted by molar-refractivity contribution is 6.06. The van der Waals surface area contributed by atoms with E-state index in [-0.39, 0.29) is 0 Å². The Morgan fingerprint density at radius 1 is 1.17 bits per heavy atom. The molecule has 118 valence electrons. The fraction of sp³-hybridized carbons (Fsp3) is 0.176. The van der Waals surface area contributed by atoms with Crippen molar-refractivity contribution in [3.63, 3.8) is 0 Å². The van der Waals surface area contributed by atoms with Crippen molar-refractivity contribution in [2.75, 3.05) is 13.7 Å².